The Morgan fingerprint density at radius 1 is 1.36 bits per heavy atom. The molecular weight excluding hydrogens is 314 g/mol. The number of nitrogens with zero attached hydrogens (tertiary/aromatic N) is 2. The monoisotopic (exact) mass is 343 g/mol. The van der Waals surface area contributed by atoms with Gasteiger partial charge in [0.2, 0.25) is 5.91 Å². The summed E-state index contributed by atoms with van der Waals surface area (Å²) in [6.45, 7) is 3.79. The molecule has 1 amide bonds. The summed E-state index contributed by atoms with van der Waals surface area (Å²) in [4.78, 5) is 17.7. The van der Waals surface area contributed by atoms with Gasteiger partial charge in [-0.2, -0.15) is 0 Å². The Bertz CT molecular complexity index is 638. The smallest absolute Gasteiger partial charge is 0.240 e. The van der Waals surface area contributed by atoms with Crippen LogP contribution in [-0.4, -0.2) is 59.6 Å². The van der Waals surface area contributed by atoms with Gasteiger partial charge in [-0.25, -0.2) is 0 Å². The van der Waals surface area contributed by atoms with Crippen molar-refractivity contribution in [3.05, 3.63) is 29.8 Å². The van der Waals surface area contributed by atoms with Gasteiger partial charge in [0.05, 0.1) is 6.04 Å². The summed E-state index contributed by atoms with van der Waals surface area (Å²) in [6, 6.07) is 7.69. The van der Waals surface area contributed by atoms with E-state index in [1.165, 1.54) is 12.8 Å². The molecule has 1 saturated carbocycles. The standard InChI is InChI=1S/C20H29N3O2/c1-22-14-20(7-9-21-10-8-20)12-18(22)19(25)23(16-5-6-16)13-15-3-2-4-17(24)11-15/h2-4,11,16,18,21,24H,5-10,12-14H2,1H3/t18-/m1/s1. The predicted octanol–water partition coefficient (Wildman–Crippen LogP) is 1.96. The third-order valence-corrected chi connectivity index (χ3v) is 6.23. The van der Waals surface area contributed by atoms with Gasteiger partial charge in [0.1, 0.15) is 5.75 Å². The second-order valence-corrected chi connectivity index (χ2v) is 8.25. The number of hydrogen-bond acceptors (Lipinski definition) is 4. The van der Waals surface area contributed by atoms with E-state index >= 15 is 0 Å². The highest BCUT2D eigenvalue weighted by Gasteiger charge is 2.48. The maximum absolute atomic E-state index is 13.4. The number of nitrogens with one attached hydrogen (secondary N) is 1. The zero-order chi connectivity index (χ0) is 17.4. The van der Waals surface area contributed by atoms with Crippen LogP contribution in [0.4, 0.5) is 0 Å². The summed E-state index contributed by atoms with van der Waals surface area (Å²) in [5, 5.41) is 13.2. The van der Waals surface area contributed by atoms with Crippen LogP contribution in [0.5, 0.6) is 5.75 Å². The SMILES string of the molecule is CN1CC2(CCNCC2)C[C@@H]1C(=O)N(Cc1cccc(O)c1)C1CC1. The fraction of sp³-hybridized carbons (Fsp3) is 0.650. The lowest BCUT2D eigenvalue weighted by Crippen LogP contribution is -2.45. The third-order valence-electron chi connectivity index (χ3n) is 6.23. The average Bonchev–Trinajstić information content (AvgIpc) is 3.38. The van der Waals surface area contributed by atoms with Crippen molar-refractivity contribution in [3.8, 4) is 5.75 Å². The summed E-state index contributed by atoms with van der Waals surface area (Å²) in [5.74, 6) is 0.552. The van der Waals surface area contributed by atoms with Gasteiger partial charge in [-0.3, -0.25) is 9.69 Å². The van der Waals surface area contributed by atoms with Crippen molar-refractivity contribution in [2.75, 3.05) is 26.7 Å². The molecule has 2 N–H and O–H groups in total. The Kier molecular flexibility index (Phi) is 4.46. The van der Waals surface area contributed by atoms with Gasteiger partial charge in [0.15, 0.2) is 0 Å². The predicted molar refractivity (Wildman–Crippen MR) is 97.3 cm³/mol. The molecule has 0 aromatic heterocycles. The highest BCUT2D eigenvalue weighted by atomic mass is 16.3. The van der Waals surface area contributed by atoms with Gasteiger partial charge in [0.25, 0.3) is 0 Å². The summed E-state index contributed by atoms with van der Waals surface area (Å²) in [6.07, 6.45) is 5.56. The maximum atomic E-state index is 13.4. The largest absolute Gasteiger partial charge is 0.508 e. The zero-order valence-electron chi connectivity index (χ0n) is 15.1. The summed E-state index contributed by atoms with van der Waals surface area (Å²) in [5.41, 5.74) is 1.33. The van der Waals surface area contributed by atoms with E-state index in [0.29, 0.717) is 18.0 Å². The van der Waals surface area contributed by atoms with Crippen molar-refractivity contribution in [3.63, 3.8) is 0 Å². The lowest BCUT2D eigenvalue weighted by atomic mass is 9.77. The first-order valence-electron chi connectivity index (χ1n) is 9.56. The number of amides is 1. The fourth-order valence-corrected chi connectivity index (χ4v) is 4.68. The van der Waals surface area contributed by atoms with Gasteiger partial charge in [-0.1, -0.05) is 12.1 Å². The molecule has 1 aliphatic carbocycles. The Morgan fingerprint density at radius 2 is 2.12 bits per heavy atom. The highest BCUT2D eigenvalue weighted by Crippen LogP contribution is 2.42. The first-order chi connectivity index (χ1) is 12.1. The lowest BCUT2D eigenvalue weighted by Gasteiger charge is -2.33. The number of rotatable bonds is 4. The summed E-state index contributed by atoms with van der Waals surface area (Å²) in [7, 11) is 2.11. The molecule has 2 saturated heterocycles. The van der Waals surface area contributed by atoms with Crippen LogP contribution in [0.15, 0.2) is 24.3 Å². The summed E-state index contributed by atoms with van der Waals surface area (Å²) >= 11 is 0. The highest BCUT2D eigenvalue weighted by molar-refractivity contribution is 5.83. The lowest BCUT2D eigenvalue weighted by molar-refractivity contribution is -0.136. The number of benzene rings is 1. The third kappa shape index (κ3) is 3.53. The van der Waals surface area contributed by atoms with Crippen LogP contribution in [0.25, 0.3) is 0 Å². The van der Waals surface area contributed by atoms with Crippen molar-refractivity contribution in [1.29, 1.82) is 0 Å². The number of piperidine rings is 1. The molecule has 2 aliphatic heterocycles. The quantitative estimate of drug-likeness (QED) is 0.877. The Labute approximate surface area is 150 Å². The number of phenolic OH excluding ortho intramolecular Hbond substituents is 1. The Hall–Kier alpha value is -1.59. The number of likely N-dealkylation sites (tertiary alicyclic amines) is 1. The molecule has 4 rings (SSSR count). The number of carbonyl (C=O) groups excluding carboxylic acids is 1. The zero-order valence-corrected chi connectivity index (χ0v) is 15.1. The average molecular weight is 343 g/mol. The van der Waals surface area contributed by atoms with Crippen LogP contribution >= 0.6 is 0 Å². The van der Waals surface area contributed by atoms with E-state index in [1.54, 1.807) is 12.1 Å². The fourth-order valence-electron chi connectivity index (χ4n) is 4.68. The van der Waals surface area contributed by atoms with Crippen molar-refractivity contribution in [1.82, 2.24) is 15.1 Å². The van der Waals surface area contributed by atoms with Gasteiger partial charge in [0, 0.05) is 19.1 Å². The van der Waals surface area contributed by atoms with Crippen molar-refractivity contribution in [2.24, 2.45) is 5.41 Å². The minimum atomic E-state index is 0.0102. The number of hydrogen-bond donors (Lipinski definition) is 2. The van der Waals surface area contributed by atoms with Crippen LogP contribution in [0.1, 0.15) is 37.7 Å². The van der Waals surface area contributed by atoms with E-state index in [4.69, 9.17) is 0 Å². The molecule has 0 radical (unpaired) electrons. The number of aromatic hydroxyl groups is 1. The molecule has 2 heterocycles. The normalized spacial score (nSPS) is 26.0. The molecule has 1 spiro atoms. The van der Waals surface area contributed by atoms with E-state index in [2.05, 4.69) is 22.2 Å². The van der Waals surface area contributed by atoms with Crippen LogP contribution in [0, 0.1) is 5.41 Å². The van der Waals surface area contributed by atoms with Crippen LogP contribution in [0.3, 0.4) is 0 Å². The molecule has 1 aromatic rings. The van der Waals surface area contributed by atoms with E-state index < -0.39 is 0 Å². The first kappa shape index (κ1) is 16.9. The molecule has 1 aromatic carbocycles. The van der Waals surface area contributed by atoms with Crippen molar-refractivity contribution >= 4 is 5.91 Å². The Morgan fingerprint density at radius 3 is 2.80 bits per heavy atom. The number of phenols is 1. The van der Waals surface area contributed by atoms with Crippen LogP contribution < -0.4 is 5.32 Å². The minimum Gasteiger partial charge on any atom is -0.508 e. The maximum Gasteiger partial charge on any atom is 0.240 e. The van der Waals surface area contributed by atoms with Gasteiger partial charge in [-0.15, -0.1) is 0 Å². The number of likely N-dealkylation sites (N-methyl/N-ethyl adjacent to an activating group) is 1. The molecule has 3 aliphatic rings. The van der Waals surface area contributed by atoms with Crippen molar-refractivity contribution < 1.29 is 9.90 Å². The van der Waals surface area contributed by atoms with Crippen LogP contribution in [0.2, 0.25) is 0 Å². The van der Waals surface area contributed by atoms with Crippen LogP contribution in [-0.2, 0) is 11.3 Å². The van der Waals surface area contributed by atoms with Gasteiger partial charge in [-0.05, 0) is 75.4 Å². The summed E-state index contributed by atoms with van der Waals surface area (Å²) < 4.78 is 0. The molecule has 136 valence electrons. The first-order valence-corrected chi connectivity index (χ1v) is 9.56. The molecule has 3 fully saturated rings. The molecule has 5 heteroatoms. The van der Waals surface area contributed by atoms with Crippen molar-refractivity contribution in [2.45, 2.75) is 50.7 Å². The van der Waals surface area contributed by atoms with Gasteiger partial charge < -0.3 is 15.3 Å². The van der Waals surface area contributed by atoms with E-state index in [1.807, 2.05) is 12.1 Å². The van der Waals surface area contributed by atoms with E-state index in [-0.39, 0.29) is 17.7 Å². The minimum absolute atomic E-state index is 0.0102. The Balaban J connectivity index is 1.49. The number of carbonyl (C=O) groups is 1. The molecule has 0 unspecified atom stereocenters. The molecule has 5 nitrogen and oxygen atoms in total. The second kappa shape index (κ2) is 6.61. The topological polar surface area (TPSA) is 55.8 Å². The van der Waals surface area contributed by atoms with E-state index in [0.717, 1.165) is 44.5 Å². The molecule has 1 atom stereocenters. The van der Waals surface area contributed by atoms with E-state index in [9.17, 15) is 9.90 Å². The second-order valence-electron chi connectivity index (χ2n) is 8.25. The molecule has 25 heavy (non-hydrogen) atoms. The molecule has 0 bridgehead atoms. The van der Waals surface area contributed by atoms with Gasteiger partial charge >= 0.3 is 0 Å². The molecular formula is C20H29N3O2.